The molecule has 0 aliphatic carbocycles. The average Bonchev–Trinajstić information content (AvgIpc) is 2.09. The largest absolute Gasteiger partial charge is 0.481 e. The molecule has 80 valence electrons. The van der Waals surface area contributed by atoms with Gasteiger partial charge in [0.2, 0.25) is 5.91 Å². The Labute approximate surface area is 83.0 Å². The minimum Gasteiger partial charge on any atom is -0.481 e. The molecule has 1 atom stereocenters. The third kappa shape index (κ3) is 6.19. The fourth-order valence-corrected chi connectivity index (χ4v) is 0.779. The molecule has 0 aromatic heterocycles. The average molecular weight is 200 g/mol. The quantitative estimate of drug-likeness (QED) is 0.521. The minimum absolute atomic E-state index is 0.0956. The molecule has 1 unspecified atom stereocenters. The van der Waals surface area contributed by atoms with Crippen molar-refractivity contribution >= 4 is 11.9 Å². The molecule has 0 saturated carbocycles. The molecule has 0 aromatic carbocycles. The molecule has 0 fully saturated rings. The number of aliphatic carboxylic acids is 1. The predicted molar refractivity (Wildman–Crippen MR) is 52.7 cm³/mol. The van der Waals surface area contributed by atoms with Crippen molar-refractivity contribution in [3.8, 4) is 0 Å². The lowest BCUT2D eigenvalue weighted by atomic mass is 10.1. The van der Waals surface area contributed by atoms with Gasteiger partial charge in [-0.1, -0.05) is 12.2 Å². The summed E-state index contributed by atoms with van der Waals surface area (Å²) in [5.74, 6) is -1.29. The van der Waals surface area contributed by atoms with Crippen LogP contribution in [0.2, 0.25) is 0 Å². The van der Waals surface area contributed by atoms with Gasteiger partial charge in [0.05, 0.1) is 6.04 Å². The summed E-state index contributed by atoms with van der Waals surface area (Å²) < 4.78 is 0. The normalized spacial score (nSPS) is 11.9. The number of carbonyl (C=O) groups is 2. The first-order valence-electron chi connectivity index (χ1n) is 4.33. The van der Waals surface area contributed by atoms with Gasteiger partial charge in [-0.2, -0.15) is 0 Å². The van der Waals surface area contributed by atoms with E-state index in [0.29, 0.717) is 6.54 Å². The summed E-state index contributed by atoms with van der Waals surface area (Å²) in [7, 11) is 0. The van der Waals surface area contributed by atoms with Crippen LogP contribution < -0.4 is 11.1 Å². The van der Waals surface area contributed by atoms with E-state index < -0.39 is 12.0 Å². The van der Waals surface area contributed by atoms with Gasteiger partial charge >= 0.3 is 5.97 Å². The molecule has 5 heteroatoms. The van der Waals surface area contributed by atoms with Crippen molar-refractivity contribution in [3.05, 3.63) is 12.2 Å². The third-order valence-electron chi connectivity index (χ3n) is 1.57. The molecule has 1 amide bonds. The zero-order valence-electron chi connectivity index (χ0n) is 8.25. The molecule has 0 heterocycles. The first-order chi connectivity index (χ1) is 6.43. The number of carboxylic acids is 1. The molecular weight excluding hydrogens is 184 g/mol. The standard InChI is InChI=1S/C9H16N2O3/c1-6(2)5-11-9(14)7(10)3-4-8(12)13/h7H,1,3-5,10H2,2H3,(H,11,14)(H,12,13). The zero-order chi connectivity index (χ0) is 11.1. The van der Waals surface area contributed by atoms with Crippen molar-refractivity contribution in [2.75, 3.05) is 6.54 Å². The highest BCUT2D eigenvalue weighted by Crippen LogP contribution is 1.95. The van der Waals surface area contributed by atoms with E-state index in [-0.39, 0.29) is 18.7 Å². The van der Waals surface area contributed by atoms with Crippen molar-refractivity contribution in [2.45, 2.75) is 25.8 Å². The Morgan fingerprint density at radius 3 is 2.57 bits per heavy atom. The predicted octanol–water partition coefficient (Wildman–Crippen LogP) is -0.129. The van der Waals surface area contributed by atoms with Crippen LogP contribution in [0.1, 0.15) is 19.8 Å². The van der Waals surface area contributed by atoms with Gasteiger partial charge in [-0.25, -0.2) is 0 Å². The topological polar surface area (TPSA) is 92.4 Å². The van der Waals surface area contributed by atoms with E-state index in [1.165, 1.54) is 0 Å². The van der Waals surface area contributed by atoms with E-state index in [4.69, 9.17) is 10.8 Å². The van der Waals surface area contributed by atoms with Gasteiger partial charge in [-0.15, -0.1) is 0 Å². The van der Waals surface area contributed by atoms with E-state index in [1.54, 1.807) is 6.92 Å². The summed E-state index contributed by atoms with van der Waals surface area (Å²) in [5.41, 5.74) is 6.27. The maximum absolute atomic E-state index is 11.2. The van der Waals surface area contributed by atoms with Crippen LogP contribution in [-0.2, 0) is 9.59 Å². The number of nitrogens with two attached hydrogens (primary N) is 1. The van der Waals surface area contributed by atoms with E-state index in [0.717, 1.165) is 5.57 Å². The molecule has 0 spiro atoms. The molecule has 5 nitrogen and oxygen atoms in total. The number of rotatable bonds is 6. The highest BCUT2D eigenvalue weighted by molar-refractivity contribution is 5.82. The second-order valence-electron chi connectivity index (χ2n) is 3.21. The number of hydrogen-bond donors (Lipinski definition) is 3. The Morgan fingerprint density at radius 1 is 1.57 bits per heavy atom. The van der Waals surface area contributed by atoms with E-state index >= 15 is 0 Å². The van der Waals surface area contributed by atoms with Gasteiger partial charge in [-0.05, 0) is 13.3 Å². The zero-order valence-corrected chi connectivity index (χ0v) is 8.25. The summed E-state index contributed by atoms with van der Waals surface area (Å²) in [5, 5.41) is 10.9. The minimum atomic E-state index is -0.951. The van der Waals surface area contributed by atoms with Crippen LogP contribution in [0.25, 0.3) is 0 Å². The first-order valence-corrected chi connectivity index (χ1v) is 4.33. The lowest BCUT2D eigenvalue weighted by molar-refractivity contribution is -0.137. The Bertz CT molecular complexity index is 238. The third-order valence-corrected chi connectivity index (χ3v) is 1.57. The Morgan fingerprint density at radius 2 is 2.14 bits per heavy atom. The van der Waals surface area contributed by atoms with Crippen LogP contribution in [0, 0.1) is 0 Å². The maximum atomic E-state index is 11.2. The van der Waals surface area contributed by atoms with Crippen LogP contribution in [0.5, 0.6) is 0 Å². The Balaban J connectivity index is 3.76. The van der Waals surface area contributed by atoms with E-state index in [2.05, 4.69) is 11.9 Å². The molecule has 0 aliphatic rings. The molecule has 0 rings (SSSR count). The summed E-state index contributed by atoms with van der Waals surface area (Å²) in [6.45, 7) is 5.77. The van der Waals surface area contributed by atoms with Crippen molar-refractivity contribution in [1.29, 1.82) is 0 Å². The second-order valence-corrected chi connectivity index (χ2v) is 3.21. The van der Waals surface area contributed by atoms with Gasteiger partial charge in [0.1, 0.15) is 0 Å². The van der Waals surface area contributed by atoms with Gasteiger partial charge in [0, 0.05) is 13.0 Å². The maximum Gasteiger partial charge on any atom is 0.303 e. The summed E-state index contributed by atoms with van der Waals surface area (Å²) in [6, 6.07) is -0.759. The highest BCUT2D eigenvalue weighted by Gasteiger charge is 2.13. The number of amides is 1. The molecule has 0 radical (unpaired) electrons. The molecule has 0 saturated heterocycles. The SMILES string of the molecule is C=C(C)CNC(=O)C(N)CCC(=O)O. The van der Waals surface area contributed by atoms with Gasteiger partial charge in [0.25, 0.3) is 0 Å². The molecule has 14 heavy (non-hydrogen) atoms. The molecule has 4 N–H and O–H groups in total. The number of carboxylic acid groups (broad SMARTS) is 1. The Kier molecular flexibility index (Phi) is 5.55. The number of nitrogens with one attached hydrogen (secondary N) is 1. The lowest BCUT2D eigenvalue weighted by Crippen LogP contribution is -2.41. The van der Waals surface area contributed by atoms with Crippen LogP contribution >= 0.6 is 0 Å². The van der Waals surface area contributed by atoms with Crippen molar-refractivity contribution in [3.63, 3.8) is 0 Å². The summed E-state index contributed by atoms with van der Waals surface area (Å²) in [4.78, 5) is 21.4. The Hall–Kier alpha value is -1.36. The summed E-state index contributed by atoms with van der Waals surface area (Å²) in [6.07, 6.45) is 0.0546. The number of carbonyl (C=O) groups excluding carboxylic acids is 1. The fraction of sp³-hybridized carbons (Fsp3) is 0.556. The monoisotopic (exact) mass is 200 g/mol. The highest BCUT2D eigenvalue weighted by atomic mass is 16.4. The van der Waals surface area contributed by atoms with Crippen molar-refractivity contribution in [2.24, 2.45) is 5.73 Å². The first kappa shape index (κ1) is 12.6. The van der Waals surface area contributed by atoms with Crippen LogP contribution in [0.15, 0.2) is 12.2 Å². The summed E-state index contributed by atoms with van der Waals surface area (Å²) >= 11 is 0. The van der Waals surface area contributed by atoms with Crippen LogP contribution in [0.4, 0.5) is 0 Å². The smallest absolute Gasteiger partial charge is 0.303 e. The van der Waals surface area contributed by atoms with Crippen molar-refractivity contribution in [1.82, 2.24) is 5.32 Å². The van der Waals surface area contributed by atoms with E-state index in [1.807, 2.05) is 0 Å². The van der Waals surface area contributed by atoms with E-state index in [9.17, 15) is 9.59 Å². The second kappa shape index (κ2) is 6.15. The van der Waals surface area contributed by atoms with Gasteiger partial charge in [0.15, 0.2) is 0 Å². The van der Waals surface area contributed by atoms with Crippen LogP contribution in [-0.4, -0.2) is 29.6 Å². The van der Waals surface area contributed by atoms with Crippen molar-refractivity contribution < 1.29 is 14.7 Å². The number of hydrogen-bond acceptors (Lipinski definition) is 3. The molecule has 0 bridgehead atoms. The lowest BCUT2D eigenvalue weighted by Gasteiger charge is -2.10. The van der Waals surface area contributed by atoms with Crippen LogP contribution in [0.3, 0.4) is 0 Å². The molecule has 0 aliphatic heterocycles. The molecule has 0 aromatic rings. The fourth-order valence-electron chi connectivity index (χ4n) is 0.779. The van der Waals surface area contributed by atoms with Gasteiger partial charge < -0.3 is 16.2 Å². The molecular formula is C9H16N2O3. The van der Waals surface area contributed by atoms with Gasteiger partial charge in [-0.3, -0.25) is 9.59 Å².